The molecule has 9 nitrogen and oxygen atoms in total. The molecule has 2 aromatic heterocycles. The molecule has 152 valence electrons. The van der Waals surface area contributed by atoms with Gasteiger partial charge >= 0.3 is 6.03 Å². The Hall–Kier alpha value is -3.36. The summed E-state index contributed by atoms with van der Waals surface area (Å²) < 4.78 is 3.55. The normalized spacial score (nSPS) is 16.7. The van der Waals surface area contributed by atoms with Crippen molar-refractivity contribution in [3.63, 3.8) is 0 Å². The summed E-state index contributed by atoms with van der Waals surface area (Å²) in [6.07, 6.45) is 6.51. The highest BCUT2D eigenvalue weighted by molar-refractivity contribution is 5.90. The first kappa shape index (κ1) is 19.0. The van der Waals surface area contributed by atoms with Gasteiger partial charge in [0.25, 0.3) is 0 Å². The summed E-state index contributed by atoms with van der Waals surface area (Å²) in [7, 11) is 5.71. The average Bonchev–Trinajstić information content (AvgIpc) is 3.37. The molecule has 0 bridgehead atoms. The first-order valence-electron chi connectivity index (χ1n) is 9.78. The lowest BCUT2D eigenvalue weighted by Crippen LogP contribution is -2.41. The number of amides is 2. The topological polar surface area (TPSA) is 84.1 Å². The molecular formula is C20H26N8O. The van der Waals surface area contributed by atoms with Gasteiger partial charge in [-0.15, -0.1) is 5.10 Å². The number of rotatable bonds is 4. The van der Waals surface area contributed by atoms with Crippen LogP contribution in [0.2, 0.25) is 0 Å². The molecule has 1 aliphatic heterocycles. The largest absolute Gasteiger partial charge is 0.346 e. The van der Waals surface area contributed by atoms with E-state index >= 15 is 0 Å². The third-order valence-corrected chi connectivity index (χ3v) is 5.21. The number of carbonyl (C=O) groups is 1. The number of carbonyl (C=O) groups excluding carboxylic acids is 1. The first-order chi connectivity index (χ1) is 14.0. The molecule has 29 heavy (non-hydrogen) atoms. The Morgan fingerprint density at radius 2 is 2.10 bits per heavy atom. The molecule has 1 saturated heterocycles. The van der Waals surface area contributed by atoms with E-state index in [0.29, 0.717) is 5.95 Å². The third kappa shape index (κ3) is 3.94. The molecule has 3 aromatic rings. The fourth-order valence-corrected chi connectivity index (χ4v) is 3.70. The quantitative estimate of drug-likeness (QED) is 0.736. The third-order valence-electron chi connectivity index (χ3n) is 5.21. The van der Waals surface area contributed by atoms with E-state index in [2.05, 4.69) is 20.5 Å². The standard InChI is InChI=1S/C20H26N8O/c1-25(2)19-21-14-28(24-19)16-8-6-7-15(13-16)23-20(29)27-12-5-4-9-18(27)17-10-11-22-26(17)3/h6-8,10-11,13-14,18H,4-5,9,12H2,1-3H3,(H,23,29)/t18-/m0/s1. The summed E-state index contributed by atoms with van der Waals surface area (Å²) in [6.45, 7) is 0.733. The highest BCUT2D eigenvalue weighted by Crippen LogP contribution is 2.31. The molecule has 1 fully saturated rings. The minimum atomic E-state index is -0.0966. The van der Waals surface area contributed by atoms with Crippen molar-refractivity contribution in [2.75, 3.05) is 30.9 Å². The molecule has 0 saturated carbocycles. The van der Waals surface area contributed by atoms with E-state index in [0.717, 1.165) is 42.9 Å². The average molecular weight is 394 g/mol. The number of anilines is 2. The number of likely N-dealkylation sites (tertiary alicyclic amines) is 1. The van der Waals surface area contributed by atoms with Gasteiger partial charge in [-0.1, -0.05) is 6.07 Å². The number of benzene rings is 1. The highest BCUT2D eigenvalue weighted by Gasteiger charge is 2.29. The molecule has 3 heterocycles. The van der Waals surface area contributed by atoms with Crippen LogP contribution >= 0.6 is 0 Å². The van der Waals surface area contributed by atoms with Crippen LogP contribution in [-0.2, 0) is 7.05 Å². The molecule has 0 spiro atoms. The summed E-state index contributed by atoms with van der Waals surface area (Å²) in [5, 5.41) is 11.8. The van der Waals surface area contributed by atoms with Gasteiger partial charge in [0.05, 0.1) is 17.4 Å². The maximum atomic E-state index is 13.1. The van der Waals surface area contributed by atoms with E-state index in [4.69, 9.17) is 0 Å². The second kappa shape index (κ2) is 7.94. The lowest BCUT2D eigenvalue weighted by molar-refractivity contribution is 0.159. The van der Waals surface area contributed by atoms with Crippen LogP contribution in [0.5, 0.6) is 0 Å². The van der Waals surface area contributed by atoms with Crippen LogP contribution in [0.1, 0.15) is 31.0 Å². The fourth-order valence-electron chi connectivity index (χ4n) is 3.70. The number of nitrogens with zero attached hydrogens (tertiary/aromatic N) is 7. The Balaban J connectivity index is 1.52. The molecule has 1 aliphatic rings. The van der Waals surface area contributed by atoms with Crippen LogP contribution in [0.4, 0.5) is 16.4 Å². The monoisotopic (exact) mass is 394 g/mol. The zero-order valence-electron chi connectivity index (χ0n) is 17.0. The van der Waals surface area contributed by atoms with Crippen molar-refractivity contribution in [3.8, 4) is 5.69 Å². The van der Waals surface area contributed by atoms with Gasteiger partial charge in [-0.05, 0) is 43.5 Å². The molecule has 9 heteroatoms. The van der Waals surface area contributed by atoms with E-state index in [1.165, 1.54) is 0 Å². The van der Waals surface area contributed by atoms with Crippen LogP contribution in [-0.4, -0.2) is 56.1 Å². The highest BCUT2D eigenvalue weighted by atomic mass is 16.2. The van der Waals surface area contributed by atoms with Crippen molar-refractivity contribution in [1.29, 1.82) is 0 Å². The summed E-state index contributed by atoms with van der Waals surface area (Å²) in [6, 6.07) is 9.55. The molecule has 0 radical (unpaired) electrons. The van der Waals surface area contributed by atoms with Crippen molar-refractivity contribution in [1.82, 2.24) is 29.4 Å². The van der Waals surface area contributed by atoms with Crippen molar-refractivity contribution in [3.05, 3.63) is 48.5 Å². The van der Waals surface area contributed by atoms with E-state index in [1.54, 1.807) is 17.2 Å². The van der Waals surface area contributed by atoms with Gasteiger partial charge in [0.1, 0.15) is 6.33 Å². The summed E-state index contributed by atoms with van der Waals surface area (Å²) in [5.41, 5.74) is 2.63. The molecule has 4 rings (SSSR count). The minimum absolute atomic E-state index is 0.0393. The van der Waals surface area contributed by atoms with E-state index in [-0.39, 0.29) is 12.1 Å². The number of nitrogens with one attached hydrogen (secondary N) is 1. The van der Waals surface area contributed by atoms with Crippen LogP contribution < -0.4 is 10.2 Å². The molecule has 0 aliphatic carbocycles. The first-order valence-corrected chi connectivity index (χ1v) is 9.78. The smallest absolute Gasteiger partial charge is 0.322 e. The predicted octanol–water partition coefficient (Wildman–Crippen LogP) is 2.83. The molecule has 2 amide bonds. The van der Waals surface area contributed by atoms with Crippen molar-refractivity contribution in [2.45, 2.75) is 25.3 Å². The molecule has 1 aromatic carbocycles. The maximum Gasteiger partial charge on any atom is 0.322 e. The molecular weight excluding hydrogens is 368 g/mol. The molecule has 1 atom stereocenters. The van der Waals surface area contributed by atoms with Gasteiger partial charge < -0.3 is 15.1 Å². The summed E-state index contributed by atoms with van der Waals surface area (Å²) in [4.78, 5) is 21.1. The second-order valence-electron chi connectivity index (χ2n) is 7.45. The second-order valence-corrected chi connectivity index (χ2v) is 7.45. The Labute approximate surface area is 169 Å². The van der Waals surface area contributed by atoms with Crippen LogP contribution in [0, 0.1) is 0 Å². The van der Waals surface area contributed by atoms with Crippen molar-refractivity contribution in [2.24, 2.45) is 7.05 Å². The minimum Gasteiger partial charge on any atom is -0.346 e. The molecule has 0 unspecified atom stereocenters. The Kier molecular flexibility index (Phi) is 5.20. The SMILES string of the molecule is CN(C)c1ncn(-c2cccc(NC(=O)N3CCCC[C@H]3c3ccnn3C)c2)n1. The van der Waals surface area contributed by atoms with E-state index < -0.39 is 0 Å². The van der Waals surface area contributed by atoms with Crippen molar-refractivity contribution < 1.29 is 4.79 Å². The summed E-state index contributed by atoms with van der Waals surface area (Å²) >= 11 is 0. The zero-order valence-corrected chi connectivity index (χ0v) is 17.0. The number of piperidine rings is 1. The number of urea groups is 1. The van der Waals surface area contributed by atoms with Gasteiger partial charge in [-0.2, -0.15) is 10.1 Å². The van der Waals surface area contributed by atoms with Gasteiger partial charge in [0.15, 0.2) is 0 Å². The Bertz CT molecular complexity index is 992. The molecule has 1 N–H and O–H groups in total. The van der Waals surface area contributed by atoms with Gasteiger partial charge in [-0.25, -0.2) is 9.48 Å². The number of hydrogen-bond acceptors (Lipinski definition) is 5. The lowest BCUT2D eigenvalue weighted by Gasteiger charge is -2.35. The van der Waals surface area contributed by atoms with E-state index in [9.17, 15) is 4.79 Å². The summed E-state index contributed by atoms with van der Waals surface area (Å²) in [5.74, 6) is 0.631. The maximum absolute atomic E-state index is 13.1. The van der Waals surface area contributed by atoms with Gasteiger partial charge in [0.2, 0.25) is 5.95 Å². The van der Waals surface area contributed by atoms with E-state index in [1.807, 2.05) is 66.0 Å². The van der Waals surface area contributed by atoms with Gasteiger partial charge in [-0.3, -0.25) is 4.68 Å². The van der Waals surface area contributed by atoms with Gasteiger partial charge in [0, 0.05) is 39.6 Å². The van der Waals surface area contributed by atoms with Crippen molar-refractivity contribution >= 4 is 17.7 Å². The van der Waals surface area contributed by atoms with Crippen LogP contribution in [0.15, 0.2) is 42.9 Å². The number of hydrogen-bond donors (Lipinski definition) is 1. The Morgan fingerprint density at radius 3 is 2.83 bits per heavy atom. The van der Waals surface area contributed by atoms with Crippen LogP contribution in [0.3, 0.4) is 0 Å². The number of aryl methyl sites for hydroxylation is 1. The lowest BCUT2D eigenvalue weighted by atomic mass is 9.99. The Morgan fingerprint density at radius 1 is 1.24 bits per heavy atom. The zero-order chi connectivity index (χ0) is 20.4. The fraction of sp³-hybridized carbons (Fsp3) is 0.400. The number of aromatic nitrogens is 5. The van der Waals surface area contributed by atoms with Crippen LogP contribution in [0.25, 0.3) is 5.69 Å². The predicted molar refractivity (Wildman–Crippen MR) is 111 cm³/mol.